The highest BCUT2D eigenvalue weighted by atomic mass is 79.9. The molecule has 30 heavy (non-hydrogen) atoms. The summed E-state index contributed by atoms with van der Waals surface area (Å²) in [5.41, 5.74) is -0.195. The van der Waals surface area contributed by atoms with Crippen molar-refractivity contribution in [3.8, 4) is 0 Å². The monoisotopic (exact) mass is 496 g/mol. The average molecular weight is 497 g/mol. The first kappa shape index (κ1) is 22.1. The number of thioether (sulfide) groups is 1. The number of hydrogen-bond acceptors (Lipinski definition) is 5. The normalized spacial score (nSPS) is 11.3. The lowest BCUT2D eigenvalue weighted by Gasteiger charge is -2.13. The van der Waals surface area contributed by atoms with Gasteiger partial charge in [-0.1, -0.05) is 52.0 Å². The molecule has 0 amide bonds. The molecule has 0 spiro atoms. The summed E-state index contributed by atoms with van der Waals surface area (Å²) in [6.45, 7) is 3.84. The number of halogens is 4. The van der Waals surface area contributed by atoms with E-state index in [-0.39, 0.29) is 18.1 Å². The summed E-state index contributed by atoms with van der Waals surface area (Å²) in [5, 5.41) is 11.0. The van der Waals surface area contributed by atoms with Gasteiger partial charge in [0.25, 0.3) is 5.56 Å². The largest absolute Gasteiger partial charge is 0.416 e. The van der Waals surface area contributed by atoms with Crippen LogP contribution in [0.3, 0.4) is 0 Å². The van der Waals surface area contributed by atoms with Crippen LogP contribution in [0.1, 0.15) is 11.1 Å². The molecule has 0 bridgehead atoms. The summed E-state index contributed by atoms with van der Waals surface area (Å²) < 4.78 is 41.1. The van der Waals surface area contributed by atoms with E-state index < -0.39 is 17.3 Å². The summed E-state index contributed by atoms with van der Waals surface area (Å²) in [6, 6.07) is 12.3. The van der Waals surface area contributed by atoms with Crippen LogP contribution in [0.2, 0.25) is 0 Å². The fraction of sp³-hybridized carbons (Fsp3) is 0.150. The Bertz CT molecular complexity index is 1100. The van der Waals surface area contributed by atoms with Gasteiger partial charge in [0, 0.05) is 22.5 Å². The number of aromatic nitrogens is 3. The zero-order valence-electron chi connectivity index (χ0n) is 15.5. The lowest BCUT2D eigenvalue weighted by Crippen LogP contribution is -2.26. The van der Waals surface area contributed by atoms with Crippen LogP contribution in [0.25, 0.3) is 0 Å². The van der Waals surface area contributed by atoms with Crippen LogP contribution < -0.4 is 10.9 Å². The Morgan fingerprint density at radius 1 is 1.17 bits per heavy atom. The van der Waals surface area contributed by atoms with Crippen LogP contribution in [-0.2, 0) is 18.5 Å². The van der Waals surface area contributed by atoms with E-state index in [0.717, 1.165) is 22.2 Å². The van der Waals surface area contributed by atoms with Crippen LogP contribution in [0.4, 0.5) is 24.7 Å². The minimum absolute atomic E-state index is 0.0941. The van der Waals surface area contributed by atoms with Gasteiger partial charge in [-0.3, -0.25) is 9.36 Å². The molecule has 0 saturated heterocycles. The molecule has 2 aromatic carbocycles. The summed E-state index contributed by atoms with van der Waals surface area (Å²) >= 11 is 4.71. The summed E-state index contributed by atoms with van der Waals surface area (Å²) in [4.78, 5) is 12.8. The third kappa shape index (κ3) is 5.51. The fourth-order valence-corrected chi connectivity index (χ4v) is 3.68. The summed E-state index contributed by atoms with van der Waals surface area (Å²) in [5.74, 6) is 0.406. The number of benzene rings is 2. The van der Waals surface area contributed by atoms with Gasteiger partial charge in [0.1, 0.15) is 0 Å². The van der Waals surface area contributed by atoms with Crippen LogP contribution in [0.5, 0.6) is 0 Å². The van der Waals surface area contributed by atoms with Gasteiger partial charge in [-0.25, -0.2) is 0 Å². The van der Waals surface area contributed by atoms with Gasteiger partial charge in [0.2, 0.25) is 5.82 Å². The van der Waals surface area contributed by atoms with Crippen molar-refractivity contribution in [1.82, 2.24) is 14.8 Å². The van der Waals surface area contributed by atoms with Crippen molar-refractivity contribution in [2.45, 2.75) is 23.6 Å². The van der Waals surface area contributed by atoms with Crippen molar-refractivity contribution in [2.75, 3.05) is 5.32 Å². The number of nitrogens with one attached hydrogen (secondary N) is 1. The first-order chi connectivity index (χ1) is 14.3. The second-order valence-corrected chi connectivity index (χ2v) is 8.01. The number of alkyl halides is 3. The molecule has 0 radical (unpaired) electrons. The number of allylic oxidation sites excluding steroid dienone is 1. The topological polar surface area (TPSA) is 59.8 Å². The Hall–Kier alpha value is -2.59. The highest BCUT2D eigenvalue weighted by Gasteiger charge is 2.30. The first-order valence-corrected chi connectivity index (χ1v) is 10.5. The van der Waals surface area contributed by atoms with E-state index in [2.05, 4.69) is 38.0 Å². The van der Waals surface area contributed by atoms with E-state index in [1.54, 1.807) is 6.08 Å². The van der Waals surface area contributed by atoms with E-state index >= 15 is 0 Å². The van der Waals surface area contributed by atoms with E-state index in [9.17, 15) is 18.0 Å². The second-order valence-electron chi connectivity index (χ2n) is 6.15. The first-order valence-electron chi connectivity index (χ1n) is 8.68. The Kier molecular flexibility index (Phi) is 6.99. The molecule has 1 heterocycles. The van der Waals surface area contributed by atoms with Crippen LogP contribution >= 0.6 is 27.7 Å². The lowest BCUT2D eigenvalue weighted by molar-refractivity contribution is -0.137. The maximum atomic E-state index is 12.9. The molecule has 0 saturated carbocycles. The predicted octanol–water partition coefficient (Wildman–Crippen LogP) is 5.64. The van der Waals surface area contributed by atoms with Crippen LogP contribution in [-0.4, -0.2) is 14.8 Å². The number of hydrogen-bond donors (Lipinski definition) is 1. The van der Waals surface area contributed by atoms with E-state index in [4.69, 9.17) is 0 Å². The van der Waals surface area contributed by atoms with Crippen molar-refractivity contribution in [3.05, 3.63) is 87.1 Å². The molecule has 3 aromatic rings. The molecular weight excluding hydrogens is 481 g/mol. The third-order valence-corrected chi connectivity index (χ3v) is 5.53. The summed E-state index contributed by atoms with van der Waals surface area (Å²) in [6.07, 6.45) is -2.94. The summed E-state index contributed by atoms with van der Waals surface area (Å²) in [7, 11) is 0. The van der Waals surface area contributed by atoms with Crippen molar-refractivity contribution in [1.29, 1.82) is 0 Å². The zero-order chi connectivity index (χ0) is 21.7. The van der Waals surface area contributed by atoms with Gasteiger partial charge in [0.05, 0.1) is 5.56 Å². The van der Waals surface area contributed by atoms with E-state index in [1.807, 2.05) is 24.3 Å². The molecular formula is C20H16BrF3N4OS. The number of anilines is 2. The molecule has 3 rings (SSSR count). The molecule has 0 aliphatic heterocycles. The lowest BCUT2D eigenvalue weighted by atomic mass is 10.2. The molecule has 10 heteroatoms. The van der Waals surface area contributed by atoms with Gasteiger partial charge >= 0.3 is 6.18 Å². The molecule has 0 atom stereocenters. The predicted molar refractivity (Wildman–Crippen MR) is 115 cm³/mol. The van der Waals surface area contributed by atoms with Gasteiger partial charge in [-0.15, -0.1) is 16.8 Å². The minimum Gasteiger partial charge on any atom is -0.334 e. The molecule has 156 valence electrons. The van der Waals surface area contributed by atoms with Crippen molar-refractivity contribution < 1.29 is 13.2 Å². The molecule has 1 N–H and O–H groups in total. The van der Waals surface area contributed by atoms with Crippen molar-refractivity contribution in [3.63, 3.8) is 0 Å². The Balaban J connectivity index is 1.85. The molecule has 0 aliphatic rings. The molecule has 0 aliphatic carbocycles. The van der Waals surface area contributed by atoms with Gasteiger partial charge in [-0.05, 0) is 35.9 Å². The quantitative estimate of drug-likeness (QED) is 0.338. The highest BCUT2D eigenvalue weighted by Crippen LogP contribution is 2.31. The maximum absolute atomic E-state index is 12.9. The van der Waals surface area contributed by atoms with Gasteiger partial charge in [-0.2, -0.15) is 13.2 Å². The third-order valence-electron chi connectivity index (χ3n) is 3.96. The SMILES string of the molecule is C=CCn1c(SCc2ccc(Br)cc2)nnc(Nc2cccc(C(F)(F)F)c2)c1=O. The fourth-order valence-electron chi connectivity index (χ4n) is 2.52. The molecule has 0 unspecified atom stereocenters. The smallest absolute Gasteiger partial charge is 0.334 e. The Morgan fingerprint density at radius 3 is 2.57 bits per heavy atom. The van der Waals surface area contributed by atoms with Gasteiger partial charge < -0.3 is 5.32 Å². The van der Waals surface area contributed by atoms with Crippen molar-refractivity contribution in [2.24, 2.45) is 0 Å². The maximum Gasteiger partial charge on any atom is 0.416 e. The highest BCUT2D eigenvalue weighted by molar-refractivity contribution is 9.10. The number of rotatable bonds is 7. The Morgan fingerprint density at radius 2 is 1.90 bits per heavy atom. The Labute approximate surface area is 183 Å². The minimum atomic E-state index is -4.49. The van der Waals surface area contributed by atoms with E-state index in [1.165, 1.54) is 28.5 Å². The molecule has 1 aromatic heterocycles. The van der Waals surface area contributed by atoms with Crippen LogP contribution in [0.15, 0.2) is 75.6 Å². The van der Waals surface area contributed by atoms with Gasteiger partial charge in [0.15, 0.2) is 5.16 Å². The average Bonchev–Trinajstić information content (AvgIpc) is 2.71. The zero-order valence-corrected chi connectivity index (χ0v) is 17.9. The second kappa shape index (κ2) is 9.48. The molecule has 5 nitrogen and oxygen atoms in total. The van der Waals surface area contributed by atoms with Crippen LogP contribution in [0, 0.1) is 0 Å². The van der Waals surface area contributed by atoms with E-state index in [0.29, 0.717) is 10.9 Å². The standard InChI is InChI=1S/C20H16BrF3N4OS/c1-2-10-28-18(29)17(25-16-5-3-4-14(11-16)20(22,23)24)26-27-19(28)30-12-13-6-8-15(21)9-7-13/h2-9,11H,1,10,12H2,(H,25,26). The molecule has 0 fully saturated rings. The number of nitrogens with zero attached hydrogens (tertiary/aromatic N) is 3. The van der Waals surface area contributed by atoms with Crippen molar-refractivity contribution >= 4 is 39.2 Å².